The number of aromatic nitrogens is 2. The molecule has 0 aromatic carbocycles. The molecule has 0 bridgehead atoms. The molecule has 0 spiro atoms. The summed E-state index contributed by atoms with van der Waals surface area (Å²) in [6, 6.07) is 0. The fraction of sp³-hybridized carbons (Fsp3) is 0.600. The third-order valence-electron chi connectivity index (χ3n) is 3.91. The van der Waals surface area contributed by atoms with Gasteiger partial charge in [-0.05, 0) is 37.7 Å². The SMILES string of the molecule is CCCC(OC)c1nc(Cl)c2c3c(sc2n1)CCCC3. The van der Waals surface area contributed by atoms with Crippen molar-refractivity contribution in [2.24, 2.45) is 0 Å². The smallest absolute Gasteiger partial charge is 0.160 e. The highest BCUT2D eigenvalue weighted by Crippen LogP contribution is 2.39. The van der Waals surface area contributed by atoms with Crippen LogP contribution in [-0.4, -0.2) is 17.1 Å². The first kappa shape index (κ1) is 14.2. The fourth-order valence-corrected chi connectivity index (χ4v) is 4.50. The molecule has 2 heterocycles. The van der Waals surface area contributed by atoms with Gasteiger partial charge in [0.05, 0.1) is 5.39 Å². The highest BCUT2D eigenvalue weighted by molar-refractivity contribution is 7.19. The maximum Gasteiger partial charge on any atom is 0.160 e. The molecule has 5 heteroatoms. The first-order valence-corrected chi connectivity index (χ1v) is 8.44. The number of fused-ring (bicyclic) bond motifs is 3. The molecule has 0 saturated heterocycles. The van der Waals surface area contributed by atoms with Gasteiger partial charge in [-0.15, -0.1) is 11.3 Å². The Bertz CT molecular complexity index is 626. The van der Waals surface area contributed by atoms with E-state index in [0.29, 0.717) is 5.15 Å². The fourth-order valence-electron chi connectivity index (χ4n) is 2.89. The van der Waals surface area contributed by atoms with Gasteiger partial charge < -0.3 is 4.74 Å². The Morgan fingerprint density at radius 1 is 1.30 bits per heavy atom. The Labute approximate surface area is 128 Å². The van der Waals surface area contributed by atoms with Gasteiger partial charge >= 0.3 is 0 Å². The lowest BCUT2D eigenvalue weighted by molar-refractivity contribution is 0.0880. The van der Waals surface area contributed by atoms with Gasteiger partial charge in [0, 0.05) is 12.0 Å². The summed E-state index contributed by atoms with van der Waals surface area (Å²) in [5.74, 6) is 0.727. The molecule has 2 aromatic heterocycles. The van der Waals surface area contributed by atoms with E-state index in [1.165, 1.54) is 23.3 Å². The number of methoxy groups -OCH3 is 1. The molecule has 0 fully saturated rings. The van der Waals surface area contributed by atoms with Crippen LogP contribution in [0.3, 0.4) is 0 Å². The van der Waals surface area contributed by atoms with Crippen molar-refractivity contribution in [3.8, 4) is 0 Å². The highest BCUT2D eigenvalue weighted by Gasteiger charge is 2.22. The molecule has 1 aliphatic carbocycles. The van der Waals surface area contributed by atoms with Crippen molar-refractivity contribution in [1.82, 2.24) is 9.97 Å². The topological polar surface area (TPSA) is 35.0 Å². The number of aryl methyl sites for hydroxylation is 2. The molecule has 0 aliphatic heterocycles. The normalized spacial score (nSPS) is 16.4. The maximum atomic E-state index is 6.44. The summed E-state index contributed by atoms with van der Waals surface area (Å²) < 4.78 is 5.50. The lowest BCUT2D eigenvalue weighted by Crippen LogP contribution is -2.07. The van der Waals surface area contributed by atoms with Crippen LogP contribution in [0.1, 0.15) is 55.0 Å². The van der Waals surface area contributed by atoms with Crippen LogP contribution < -0.4 is 0 Å². The van der Waals surface area contributed by atoms with E-state index >= 15 is 0 Å². The first-order chi connectivity index (χ1) is 9.74. The van der Waals surface area contributed by atoms with Gasteiger partial charge in [-0.2, -0.15) is 0 Å². The van der Waals surface area contributed by atoms with Gasteiger partial charge in [0.1, 0.15) is 16.1 Å². The lowest BCUT2D eigenvalue weighted by Gasteiger charge is -2.13. The van der Waals surface area contributed by atoms with Gasteiger partial charge in [0.25, 0.3) is 0 Å². The summed E-state index contributed by atoms with van der Waals surface area (Å²) in [7, 11) is 1.71. The second kappa shape index (κ2) is 5.96. The molecular weight excluding hydrogens is 292 g/mol. The summed E-state index contributed by atoms with van der Waals surface area (Å²) >= 11 is 8.22. The average molecular weight is 311 g/mol. The van der Waals surface area contributed by atoms with E-state index in [9.17, 15) is 0 Å². The summed E-state index contributed by atoms with van der Waals surface area (Å²) in [5.41, 5.74) is 1.39. The summed E-state index contributed by atoms with van der Waals surface area (Å²) in [6.45, 7) is 2.13. The van der Waals surface area contributed by atoms with Crippen LogP contribution in [0.15, 0.2) is 0 Å². The monoisotopic (exact) mass is 310 g/mol. The molecule has 0 N–H and O–H groups in total. The molecule has 1 unspecified atom stereocenters. The molecule has 2 aromatic rings. The van der Waals surface area contributed by atoms with E-state index in [-0.39, 0.29) is 6.10 Å². The van der Waals surface area contributed by atoms with Crippen LogP contribution in [-0.2, 0) is 17.6 Å². The molecule has 0 radical (unpaired) electrons. The Hall–Kier alpha value is -0.710. The minimum Gasteiger partial charge on any atom is -0.373 e. The lowest BCUT2D eigenvalue weighted by atomic mass is 9.97. The third kappa shape index (κ3) is 2.45. The average Bonchev–Trinajstić information content (AvgIpc) is 2.83. The van der Waals surface area contributed by atoms with Gasteiger partial charge in [-0.1, -0.05) is 24.9 Å². The predicted molar refractivity (Wildman–Crippen MR) is 83.7 cm³/mol. The van der Waals surface area contributed by atoms with Gasteiger partial charge in [0.2, 0.25) is 0 Å². The highest BCUT2D eigenvalue weighted by atomic mass is 35.5. The molecule has 108 valence electrons. The predicted octanol–water partition coefficient (Wildman–Crippen LogP) is 4.71. The molecular formula is C15H19ClN2OS. The number of thiophene rings is 1. The number of nitrogens with zero attached hydrogens (tertiary/aromatic N) is 2. The zero-order chi connectivity index (χ0) is 14.1. The van der Waals surface area contributed by atoms with Crippen LogP contribution in [0.25, 0.3) is 10.2 Å². The molecule has 1 atom stereocenters. The number of hydrogen-bond donors (Lipinski definition) is 0. The van der Waals surface area contributed by atoms with Gasteiger partial charge in [-0.3, -0.25) is 0 Å². The largest absolute Gasteiger partial charge is 0.373 e. The second-order valence-corrected chi connectivity index (χ2v) is 6.72. The number of hydrogen-bond acceptors (Lipinski definition) is 4. The van der Waals surface area contributed by atoms with Crippen molar-refractivity contribution in [3.05, 3.63) is 21.4 Å². The zero-order valence-electron chi connectivity index (χ0n) is 11.9. The molecule has 20 heavy (non-hydrogen) atoms. The zero-order valence-corrected chi connectivity index (χ0v) is 13.5. The number of rotatable bonds is 4. The Morgan fingerprint density at radius 2 is 2.10 bits per heavy atom. The van der Waals surface area contributed by atoms with E-state index < -0.39 is 0 Å². The van der Waals surface area contributed by atoms with E-state index in [4.69, 9.17) is 21.3 Å². The van der Waals surface area contributed by atoms with Crippen molar-refractivity contribution in [1.29, 1.82) is 0 Å². The molecule has 0 saturated carbocycles. The van der Waals surface area contributed by atoms with Crippen molar-refractivity contribution in [2.75, 3.05) is 7.11 Å². The summed E-state index contributed by atoms with van der Waals surface area (Å²) in [4.78, 5) is 11.7. The third-order valence-corrected chi connectivity index (χ3v) is 5.37. The quantitative estimate of drug-likeness (QED) is 0.767. The second-order valence-electron chi connectivity index (χ2n) is 5.28. The van der Waals surface area contributed by atoms with Crippen LogP contribution in [0.2, 0.25) is 5.15 Å². The van der Waals surface area contributed by atoms with Crippen molar-refractivity contribution in [2.45, 2.75) is 51.6 Å². The summed E-state index contributed by atoms with van der Waals surface area (Å²) in [6.07, 6.45) is 6.69. The van der Waals surface area contributed by atoms with Gasteiger partial charge in [-0.25, -0.2) is 9.97 Å². The van der Waals surface area contributed by atoms with E-state index in [1.54, 1.807) is 18.4 Å². The summed E-state index contributed by atoms with van der Waals surface area (Å²) in [5, 5.41) is 1.68. The molecule has 1 aliphatic rings. The molecule has 0 amide bonds. The van der Waals surface area contributed by atoms with Crippen molar-refractivity contribution >= 4 is 33.2 Å². The van der Waals surface area contributed by atoms with Crippen LogP contribution in [0, 0.1) is 0 Å². The number of halogens is 1. The number of ether oxygens (including phenoxy) is 1. The van der Waals surface area contributed by atoms with E-state index in [1.807, 2.05) is 0 Å². The Morgan fingerprint density at radius 3 is 2.85 bits per heavy atom. The van der Waals surface area contributed by atoms with Crippen LogP contribution >= 0.6 is 22.9 Å². The van der Waals surface area contributed by atoms with Crippen LogP contribution in [0.4, 0.5) is 0 Å². The maximum absolute atomic E-state index is 6.44. The van der Waals surface area contributed by atoms with Crippen molar-refractivity contribution < 1.29 is 4.74 Å². The Kier molecular flexibility index (Phi) is 4.24. The molecule has 3 rings (SSSR count). The van der Waals surface area contributed by atoms with Crippen molar-refractivity contribution in [3.63, 3.8) is 0 Å². The van der Waals surface area contributed by atoms with E-state index in [2.05, 4.69) is 11.9 Å². The molecule has 3 nitrogen and oxygen atoms in total. The minimum atomic E-state index is -0.0546. The van der Waals surface area contributed by atoms with Gasteiger partial charge in [0.15, 0.2) is 5.82 Å². The minimum absolute atomic E-state index is 0.0546. The Balaban J connectivity index is 2.10. The first-order valence-electron chi connectivity index (χ1n) is 7.25. The standard InChI is InChI=1S/C15H19ClN2OS/c1-3-6-10(19-2)14-17-13(16)12-9-7-4-5-8-11(9)20-15(12)18-14/h10H,3-8H2,1-2H3. The van der Waals surface area contributed by atoms with Crippen LogP contribution in [0.5, 0.6) is 0 Å². The van der Waals surface area contributed by atoms with E-state index in [0.717, 1.165) is 41.7 Å².